The Labute approximate surface area is 93.9 Å². The molecule has 0 saturated carbocycles. The van der Waals surface area contributed by atoms with Crippen LogP contribution in [0.4, 0.5) is 0 Å². The van der Waals surface area contributed by atoms with Gasteiger partial charge < -0.3 is 10.3 Å². The number of rotatable bonds is 6. The summed E-state index contributed by atoms with van der Waals surface area (Å²) < 4.78 is 0. The van der Waals surface area contributed by atoms with Crippen molar-refractivity contribution in [2.45, 2.75) is 31.0 Å². The maximum absolute atomic E-state index is 11.0. The number of aromatic amines is 1. The third kappa shape index (κ3) is 4.99. The van der Waals surface area contributed by atoms with Crippen LogP contribution in [0.25, 0.3) is 0 Å². The van der Waals surface area contributed by atoms with Crippen LogP contribution in [0.15, 0.2) is 22.2 Å². The van der Waals surface area contributed by atoms with Crippen molar-refractivity contribution in [1.82, 2.24) is 15.3 Å². The Morgan fingerprint density at radius 1 is 1.67 bits per heavy atom. The van der Waals surface area contributed by atoms with Gasteiger partial charge in [0.2, 0.25) is 0 Å². The van der Waals surface area contributed by atoms with Gasteiger partial charge in [-0.3, -0.25) is 4.79 Å². The molecule has 1 heterocycles. The lowest BCUT2D eigenvalue weighted by Crippen LogP contribution is -2.20. The van der Waals surface area contributed by atoms with Gasteiger partial charge in [0.15, 0.2) is 5.16 Å². The van der Waals surface area contributed by atoms with Gasteiger partial charge in [0.25, 0.3) is 5.56 Å². The van der Waals surface area contributed by atoms with Crippen molar-refractivity contribution in [3.05, 3.63) is 22.6 Å². The molecule has 0 radical (unpaired) electrons. The number of hydrogen-bond donors (Lipinski definition) is 2. The van der Waals surface area contributed by atoms with E-state index in [1.54, 1.807) is 11.8 Å². The first-order valence-electron chi connectivity index (χ1n) is 5.08. The number of nitrogens with zero attached hydrogens (tertiary/aromatic N) is 1. The van der Waals surface area contributed by atoms with Crippen LogP contribution in [-0.4, -0.2) is 28.8 Å². The van der Waals surface area contributed by atoms with Crippen LogP contribution in [0.2, 0.25) is 0 Å². The molecule has 0 bridgehead atoms. The summed E-state index contributed by atoms with van der Waals surface area (Å²) in [6.07, 6.45) is 3.79. The number of hydrogen-bond acceptors (Lipinski definition) is 4. The molecule has 0 aliphatic carbocycles. The first kappa shape index (κ1) is 12.3. The Balaban J connectivity index is 2.23. The summed E-state index contributed by atoms with van der Waals surface area (Å²) in [7, 11) is 1.97. The summed E-state index contributed by atoms with van der Waals surface area (Å²) >= 11 is 1.59. The molecule has 1 aromatic heterocycles. The van der Waals surface area contributed by atoms with E-state index >= 15 is 0 Å². The van der Waals surface area contributed by atoms with Crippen LogP contribution in [0.5, 0.6) is 0 Å². The van der Waals surface area contributed by atoms with Gasteiger partial charge in [-0.2, -0.15) is 0 Å². The van der Waals surface area contributed by atoms with Crippen LogP contribution in [0.1, 0.15) is 19.8 Å². The zero-order valence-electron chi connectivity index (χ0n) is 9.12. The van der Waals surface area contributed by atoms with Crippen molar-refractivity contribution < 1.29 is 0 Å². The summed E-state index contributed by atoms with van der Waals surface area (Å²) in [4.78, 5) is 17.7. The lowest BCUT2D eigenvalue weighted by atomic mass is 10.2. The monoisotopic (exact) mass is 227 g/mol. The van der Waals surface area contributed by atoms with Crippen molar-refractivity contribution >= 4 is 11.8 Å². The van der Waals surface area contributed by atoms with Gasteiger partial charge in [-0.15, -0.1) is 0 Å². The normalized spacial score (nSPS) is 12.7. The lowest BCUT2D eigenvalue weighted by Gasteiger charge is -2.08. The minimum Gasteiger partial charge on any atom is -0.317 e. The summed E-state index contributed by atoms with van der Waals surface area (Å²) in [6, 6.07) is 1.97. The summed E-state index contributed by atoms with van der Waals surface area (Å²) in [5.41, 5.74) is -0.0870. The van der Waals surface area contributed by atoms with Gasteiger partial charge >= 0.3 is 0 Å². The van der Waals surface area contributed by atoms with E-state index in [9.17, 15) is 4.79 Å². The molecule has 0 aliphatic heterocycles. The molecule has 0 aliphatic rings. The first-order valence-corrected chi connectivity index (χ1v) is 6.06. The molecule has 0 aromatic carbocycles. The molecule has 0 spiro atoms. The number of thioether (sulfide) groups is 1. The topological polar surface area (TPSA) is 57.8 Å². The average Bonchev–Trinajstić information content (AvgIpc) is 2.24. The fourth-order valence-electron chi connectivity index (χ4n) is 1.13. The second-order valence-corrected chi connectivity index (χ2v) is 4.50. The van der Waals surface area contributed by atoms with Crippen molar-refractivity contribution in [3.8, 4) is 0 Å². The molecule has 0 fully saturated rings. The van der Waals surface area contributed by atoms with Crippen LogP contribution in [0.3, 0.4) is 0 Å². The predicted molar refractivity (Wildman–Crippen MR) is 63.3 cm³/mol. The third-order valence-corrected chi connectivity index (χ3v) is 3.13. The Bertz CT molecular complexity index is 339. The highest BCUT2D eigenvalue weighted by Crippen LogP contribution is 2.12. The van der Waals surface area contributed by atoms with Gasteiger partial charge in [0.05, 0.1) is 0 Å². The molecular weight excluding hydrogens is 210 g/mol. The maximum atomic E-state index is 11.0. The summed E-state index contributed by atoms with van der Waals surface area (Å²) in [5.74, 6) is 0.985. The zero-order valence-corrected chi connectivity index (χ0v) is 9.93. The minimum absolute atomic E-state index is 0.0870. The first-order chi connectivity index (χ1) is 7.22. The van der Waals surface area contributed by atoms with E-state index < -0.39 is 0 Å². The molecule has 1 rings (SSSR count). The van der Waals surface area contributed by atoms with Crippen LogP contribution in [-0.2, 0) is 0 Å². The van der Waals surface area contributed by atoms with Crippen LogP contribution in [0, 0.1) is 0 Å². The van der Waals surface area contributed by atoms with E-state index in [0.717, 1.165) is 18.6 Å². The number of aromatic nitrogens is 2. The maximum Gasteiger partial charge on any atom is 0.251 e. The van der Waals surface area contributed by atoms with Crippen LogP contribution >= 0.6 is 11.8 Å². The van der Waals surface area contributed by atoms with Crippen LogP contribution < -0.4 is 10.9 Å². The fourth-order valence-corrected chi connectivity index (χ4v) is 1.94. The van der Waals surface area contributed by atoms with E-state index in [1.807, 2.05) is 7.05 Å². The largest absolute Gasteiger partial charge is 0.317 e. The van der Waals surface area contributed by atoms with Gasteiger partial charge in [0.1, 0.15) is 0 Å². The Morgan fingerprint density at radius 3 is 3.13 bits per heavy atom. The molecule has 0 amide bonds. The Morgan fingerprint density at radius 2 is 2.47 bits per heavy atom. The van der Waals surface area contributed by atoms with Crippen molar-refractivity contribution in [2.24, 2.45) is 0 Å². The van der Waals surface area contributed by atoms with Crippen molar-refractivity contribution in [2.75, 3.05) is 12.8 Å². The zero-order chi connectivity index (χ0) is 11.1. The highest BCUT2D eigenvalue weighted by Gasteiger charge is 1.99. The average molecular weight is 227 g/mol. The second-order valence-electron chi connectivity index (χ2n) is 3.42. The van der Waals surface area contributed by atoms with E-state index in [0.29, 0.717) is 11.2 Å². The third-order valence-electron chi connectivity index (χ3n) is 2.16. The molecule has 1 aromatic rings. The van der Waals surface area contributed by atoms with E-state index in [1.165, 1.54) is 12.3 Å². The van der Waals surface area contributed by atoms with Crippen molar-refractivity contribution in [1.29, 1.82) is 0 Å². The predicted octanol–water partition coefficient (Wildman–Crippen LogP) is 1.25. The smallest absolute Gasteiger partial charge is 0.251 e. The molecule has 5 heteroatoms. The van der Waals surface area contributed by atoms with Gasteiger partial charge in [0, 0.05) is 24.1 Å². The molecule has 15 heavy (non-hydrogen) atoms. The van der Waals surface area contributed by atoms with Gasteiger partial charge in [-0.25, -0.2) is 4.98 Å². The lowest BCUT2D eigenvalue weighted by molar-refractivity contribution is 0.559. The van der Waals surface area contributed by atoms with Gasteiger partial charge in [-0.05, 0) is 26.8 Å². The Kier molecular flexibility index (Phi) is 5.42. The summed E-state index contributed by atoms with van der Waals surface area (Å²) in [6.45, 7) is 2.16. The quantitative estimate of drug-likeness (QED) is 0.436. The van der Waals surface area contributed by atoms with Gasteiger partial charge in [-0.1, -0.05) is 11.8 Å². The highest BCUT2D eigenvalue weighted by molar-refractivity contribution is 7.99. The number of H-pyrrole nitrogens is 1. The molecule has 4 nitrogen and oxygen atoms in total. The van der Waals surface area contributed by atoms with E-state index in [-0.39, 0.29) is 5.56 Å². The van der Waals surface area contributed by atoms with E-state index in [2.05, 4.69) is 22.2 Å². The molecule has 1 unspecified atom stereocenters. The number of nitrogens with one attached hydrogen (secondary N) is 2. The fraction of sp³-hybridized carbons (Fsp3) is 0.600. The molecule has 2 N–H and O–H groups in total. The Hall–Kier alpha value is -0.810. The molecule has 1 atom stereocenters. The van der Waals surface area contributed by atoms with Crippen molar-refractivity contribution in [3.63, 3.8) is 0 Å². The SMILES string of the molecule is CNC(C)CCCSc1nccc(=O)[nH]1. The highest BCUT2D eigenvalue weighted by atomic mass is 32.2. The van der Waals surface area contributed by atoms with E-state index in [4.69, 9.17) is 0 Å². The molecule has 84 valence electrons. The standard InChI is InChI=1S/C10H17N3OS/c1-8(11-2)4-3-7-15-10-12-6-5-9(14)13-10/h5-6,8,11H,3-4,7H2,1-2H3,(H,12,13,14). The second kappa shape index (κ2) is 6.63. The summed E-state index contributed by atoms with van der Waals surface area (Å²) in [5, 5.41) is 3.90. The molecule has 0 saturated heterocycles. The molecular formula is C10H17N3OS. The minimum atomic E-state index is -0.0870.